The Morgan fingerprint density at radius 1 is 0.555 bits per heavy atom. The number of Topliss-reactive ketones (excluding diaryl/α,β-unsaturated/α-hetero) is 1. The van der Waals surface area contributed by atoms with E-state index in [0.29, 0.717) is 73.2 Å². The van der Waals surface area contributed by atoms with Crippen molar-refractivity contribution in [2.45, 2.75) is 59.3 Å². The standard InChI is InChI=1S/C17H17N3O3.C15H17NO4.C14H15NO3.C12H12ClNO2S.C12H10O5.C11H9NO2.CH4/c1-3-19(4-2)13-6-5-12-9-14(17(22)23-15(12)10-13)16(21)20-8-7-18-11-20;1-4-19-14(17)7-10-8-15(18)20-13-9-11(16(2)3)5-6-12(10)13;1-9(16)6-10-7-14(17)18-13-8-11(15(2)3)4-5-12(10)13;1-14(2)11-7-3-6-10-9(11)5-4-8-12(10)17(13,15)16;1-16-8-2-3-9-7(4-11(13)14)5-12(15)17-10(9)6-8;12-10-4-3-7-5-9(11(13)14)2-1-8(7)6-10;/h5-11H,3-4H2,1-2H3;5-6,8-9H,4,7H2,1-3H3;4-5,7-8H,6H2,1-3H3;3-8H,1-2H3;2-3,5-6H,4H2,1H3,(H,13,14);1-6H,12H2,(H,13,14);1H4. The number of esters is 1. The number of carboxylic acid groups (broad SMARTS) is 2. The summed E-state index contributed by atoms with van der Waals surface area (Å²) in [5.74, 6) is -2.13. The van der Waals surface area contributed by atoms with Crippen molar-refractivity contribution in [2.75, 3.05) is 94.4 Å². The average molecular weight is 1540 g/mol. The minimum atomic E-state index is -3.72. The molecule has 5 heterocycles. The Morgan fingerprint density at radius 3 is 1.59 bits per heavy atom. The van der Waals surface area contributed by atoms with Gasteiger partial charge in [-0.15, -0.1) is 0 Å². The maximum atomic E-state index is 12.3. The summed E-state index contributed by atoms with van der Waals surface area (Å²) < 4.78 is 54.9. The first kappa shape index (κ1) is 84.4. The number of ether oxygens (including phenoxy) is 2. The van der Waals surface area contributed by atoms with Crippen molar-refractivity contribution < 1.29 is 69.7 Å². The van der Waals surface area contributed by atoms with Gasteiger partial charge in [0.25, 0.3) is 15.0 Å². The minimum absolute atomic E-state index is 0. The van der Waals surface area contributed by atoms with Crippen LogP contribution in [0.3, 0.4) is 0 Å². The zero-order valence-electron chi connectivity index (χ0n) is 61.5. The number of aromatic carboxylic acids is 1. The number of methoxy groups -OCH3 is 1. The molecule has 0 fully saturated rings. The number of rotatable bonds is 17. The van der Waals surface area contributed by atoms with E-state index in [-0.39, 0.29) is 48.9 Å². The molecule has 0 unspecified atom stereocenters. The molecule has 4 N–H and O–H groups in total. The van der Waals surface area contributed by atoms with Crippen LogP contribution in [0.1, 0.15) is 72.5 Å². The van der Waals surface area contributed by atoms with Gasteiger partial charge < -0.3 is 62.7 Å². The summed E-state index contributed by atoms with van der Waals surface area (Å²) in [7, 11) is 14.7. The fourth-order valence-electron chi connectivity index (χ4n) is 11.4. The predicted octanol–water partition coefficient (Wildman–Crippen LogP) is 13.5. The number of ketones is 1. The van der Waals surface area contributed by atoms with Gasteiger partial charge in [-0.05, 0) is 146 Å². The van der Waals surface area contributed by atoms with Crippen molar-refractivity contribution >= 4 is 143 Å². The zero-order valence-corrected chi connectivity index (χ0v) is 63.1. The van der Waals surface area contributed by atoms with E-state index >= 15 is 0 Å². The molecule has 574 valence electrons. The van der Waals surface area contributed by atoms with Crippen LogP contribution in [0.4, 0.5) is 28.4 Å². The molecule has 0 aliphatic rings. The number of fused-ring (bicyclic) bond motifs is 6. The second kappa shape index (κ2) is 38.1. The van der Waals surface area contributed by atoms with Crippen molar-refractivity contribution in [3.8, 4) is 5.75 Å². The fourth-order valence-corrected chi connectivity index (χ4v) is 12.5. The molecule has 13 aromatic rings. The Hall–Kier alpha value is -12.9. The summed E-state index contributed by atoms with van der Waals surface area (Å²) in [6, 6.07) is 48.2. The Morgan fingerprint density at radius 2 is 1.07 bits per heavy atom. The molecule has 0 spiro atoms. The van der Waals surface area contributed by atoms with Crippen LogP contribution < -0.4 is 52.6 Å². The van der Waals surface area contributed by atoms with Gasteiger partial charge in [-0.3, -0.25) is 23.7 Å². The molecule has 13 rings (SSSR count). The second-order valence-corrected chi connectivity index (χ2v) is 27.5. The van der Waals surface area contributed by atoms with E-state index in [1.807, 2.05) is 130 Å². The topological polar surface area (TPSA) is 356 Å². The van der Waals surface area contributed by atoms with Gasteiger partial charge in [0, 0.05) is 188 Å². The van der Waals surface area contributed by atoms with Crippen molar-refractivity contribution in [2.24, 2.45) is 0 Å². The van der Waals surface area contributed by atoms with Gasteiger partial charge in [-0.2, -0.15) is 0 Å². The number of halogens is 1. The Kier molecular flexibility index (Phi) is 29.2. The number of imidazole rings is 1. The number of nitrogens with two attached hydrogens (primary N) is 1. The lowest BCUT2D eigenvalue weighted by molar-refractivity contribution is -0.142. The third-order valence-electron chi connectivity index (χ3n) is 16.7. The molecule has 0 saturated carbocycles. The van der Waals surface area contributed by atoms with Gasteiger partial charge in [0.15, 0.2) is 0 Å². The zero-order chi connectivity index (χ0) is 79.6. The molecule has 0 saturated heterocycles. The van der Waals surface area contributed by atoms with E-state index in [1.54, 1.807) is 79.7 Å². The fraction of sp³-hybridized carbons (Fsp3) is 0.220. The van der Waals surface area contributed by atoms with Gasteiger partial charge in [0.1, 0.15) is 45.8 Å². The molecular weight excluding hydrogens is 1450 g/mol. The Balaban J connectivity index is 0.000000184. The number of carboxylic acids is 2. The molecule has 0 aliphatic heterocycles. The van der Waals surface area contributed by atoms with Crippen molar-refractivity contribution in [1.82, 2.24) is 9.55 Å². The second-order valence-electron chi connectivity index (χ2n) is 24.9. The number of aromatic nitrogens is 2. The van der Waals surface area contributed by atoms with Crippen LogP contribution in [0.15, 0.2) is 230 Å². The first-order chi connectivity index (χ1) is 51.8. The van der Waals surface area contributed by atoms with Gasteiger partial charge in [-0.25, -0.2) is 37.4 Å². The highest BCUT2D eigenvalue weighted by atomic mass is 35.7. The minimum Gasteiger partial charge on any atom is -0.497 e. The number of hydrogen-bond acceptors (Lipinski definition) is 23. The van der Waals surface area contributed by atoms with Crippen LogP contribution >= 0.6 is 10.7 Å². The maximum absolute atomic E-state index is 12.3. The number of anilines is 5. The Bertz CT molecular complexity index is 5890. The number of nitrogen functional groups attached to an aromatic ring is 1. The number of benzene rings is 8. The number of hydrogen-bond donors (Lipinski definition) is 3. The number of aliphatic carboxylic acids is 1. The molecule has 0 bridgehead atoms. The molecule has 26 nitrogen and oxygen atoms in total. The van der Waals surface area contributed by atoms with E-state index in [9.17, 15) is 51.6 Å². The van der Waals surface area contributed by atoms with Crippen LogP contribution in [0, 0.1) is 0 Å². The highest BCUT2D eigenvalue weighted by Crippen LogP contribution is 2.33. The van der Waals surface area contributed by atoms with Gasteiger partial charge in [0.2, 0.25) is 0 Å². The SMILES string of the molecule is C.CC(=O)Cc1cc(=O)oc2cc(N(C)C)ccc12.CCN(CC)c1ccc2cc(C(=O)n3ccnc3)c(=O)oc2c1.CCOC(=O)Cc1cc(=O)oc2cc(N(C)C)ccc12.CN(C)c1cccc2c(S(=O)(=O)Cl)cccc12.COc1ccc2c(CC(=O)O)cc(=O)oc2c1.Nc1ccc2cc(C(=O)O)ccc2c1. The quantitative estimate of drug-likeness (QED) is 0.0330. The smallest absolute Gasteiger partial charge is 0.349 e. The highest BCUT2D eigenvalue weighted by Gasteiger charge is 2.19. The summed E-state index contributed by atoms with van der Waals surface area (Å²) in [6.07, 6.45) is 4.44. The maximum Gasteiger partial charge on any atom is 0.349 e. The van der Waals surface area contributed by atoms with Crippen LogP contribution in [0.2, 0.25) is 0 Å². The number of carbonyl (C=O) groups is 5. The number of carbonyl (C=O) groups excluding carboxylic acids is 3. The molecule has 0 atom stereocenters. The largest absolute Gasteiger partial charge is 0.497 e. The summed E-state index contributed by atoms with van der Waals surface area (Å²) in [5, 5.41) is 23.8. The normalized spacial score (nSPS) is 10.7. The molecule has 8 aromatic carbocycles. The van der Waals surface area contributed by atoms with Crippen LogP contribution in [-0.2, 0) is 47.4 Å². The van der Waals surface area contributed by atoms with Crippen molar-refractivity contribution in [3.63, 3.8) is 0 Å². The van der Waals surface area contributed by atoms with Crippen molar-refractivity contribution in [1.29, 1.82) is 0 Å². The first-order valence-electron chi connectivity index (χ1n) is 33.8. The lowest BCUT2D eigenvalue weighted by Crippen LogP contribution is -2.22. The van der Waals surface area contributed by atoms with E-state index in [0.717, 1.165) is 68.3 Å². The van der Waals surface area contributed by atoms with Crippen LogP contribution in [0.25, 0.3) is 65.4 Å². The first-order valence-corrected chi connectivity index (χ1v) is 36.1. The van der Waals surface area contributed by atoms with Crippen LogP contribution in [-0.4, -0.2) is 127 Å². The summed E-state index contributed by atoms with van der Waals surface area (Å²) in [5.41, 5.74) is 11.9. The third-order valence-corrected chi connectivity index (χ3v) is 18.0. The lowest BCUT2D eigenvalue weighted by Gasteiger charge is -2.20. The molecule has 28 heteroatoms. The van der Waals surface area contributed by atoms with Gasteiger partial charge in [-0.1, -0.05) is 43.8 Å². The number of nitrogens with zero attached hydrogens (tertiary/aromatic N) is 6. The molecule has 0 amide bonds. The third kappa shape index (κ3) is 22.1. The van der Waals surface area contributed by atoms with Crippen LogP contribution in [0.5, 0.6) is 5.75 Å². The summed E-state index contributed by atoms with van der Waals surface area (Å²) >= 11 is 0. The van der Waals surface area contributed by atoms with E-state index in [1.165, 1.54) is 61.6 Å². The van der Waals surface area contributed by atoms with Gasteiger partial charge >= 0.3 is 40.4 Å². The lowest BCUT2D eigenvalue weighted by atomic mass is 10.0. The molecule has 0 radical (unpaired) electrons. The van der Waals surface area contributed by atoms with Gasteiger partial charge in [0.05, 0.1) is 37.0 Å². The molecule has 0 aliphatic carbocycles. The summed E-state index contributed by atoms with van der Waals surface area (Å²) in [6.45, 7) is 9.44. The molecular formula is C82H84ClN7O19S. The highest BCUT2D eigenvalue weighted by molar-refractivity contribution is 8.14. The average Bonchev–Trinajstić information content (AvgIpc) is 0.889. The molecule has 5 aromatic heterocycles. The molecule has 110 heavy (non-hydrogen) atoms. The van der Waals surface area contributed by atoms with E-state index in [2.05, 4.69) is 23.7 Å². The van der Waals surface area contributed by atoms with E-state index < -0.39 is 49.4 Å². The van der Waals surface area contributed by atoms with Crippen molar-refractivity contribution in [3.05, 3.63) is 258 Å². The monoisotopic (exact) mass is 1540 g/mol. The predicted molar refractivity (Wildman–Crippen MR) is 430 cm³/mol. The summed E-state index contributed by atoms with van der Waals surface area (Å²) in [4.78, 5) is 115. The van der Waals surface area contributed by atoms with E-state index in [4.69, 9.17) is 53.8 Å². The Labute approximate surface area is 636 Å².